The molecule has 0 unspecified atom stereocenters. The number of methoxy groups -OCH3 is 1. The third kappa shape index (κ3) is 7.67. The van der Waals surface area contributed by atoms with Gasteiger partial charge in [0.25, 0.3) is 17.4 Å². The number of nitrogens with zero attached hydrogens (tertiary/aromatic N) is 4. The van der Waals surface area contributed by atoms with Crippen LogP contribution >= 0.6 is 0 Å². The second kappa shape index (κ2) is 14.6. The zero-order valence-corrected chi connectivity index (χ0v) is 27.0. The summed E-state index contributed by atoms with van der Waals surface area (Å²) >= 11 is 0. The molecular weight excluding hydrogens is 620 g/mol. The summed E-state index contributed by atoms with van der Waals surface area (Å²) in [5, 5.41) is 20.5. The predicted octanol–water partition coefficient (Wildman–Crippen LogP) is 4.47. The van der Waals surface area contributed by atoms with Crippen LogP contribution in [0.3, 0.4) is 0 Å². The quantitative estimate of drug-likeness (QED) is 0.165. The molecule has 14 nitrogen and oxygen atoms in total. The number of hydrogen-bond donors (Lipinski definition) is 4. The van der Waals surface area contributed by atoms with E-state index >= 15 is 0 Å². The molecule has 0 aliphatic carbocycles. The van der Waals surface area contributed by atoms with Gasteiger partial charge in [0.15, 0.2) is 0 Å². The molecule has 0 radical (unpaired) electrons. The Morgan fingerprint density at radius 1 is 1.02 bits per heavy atom. The van der Waals surface area contributed by atoms with Crippen molar-refractivity contribution in [3.8, 4) is 22.9 Å². The lowest BCUT2D eigenvalue weighted by Crippen LogP contribution is -2.52. The number of aromatic nitrogens is 4. The number of carboxylic acid groups (broad SMARTS) is 2. The lowest BCUT2D eigenvalue weighted by molar-refractivity contribution is -0.144. The third-order valence-corrected chi connectivity index (χ3v) is 7.67. The molecule has 0 fully saturated rings. The van der Waals surface area contributed by atoms with E-state index in [9.17, 15) is 19.5 Å². The Balaban J connectivity index is 0.00000123. The molecule has 3 heterocycles. The molecule has 0 aliphatic rings. The first-order valence-corrected chi connectivity index (χ1v) is 14.7. The first kappa shape index (κ1) is 34.8. The van der Waals surface area contributed by atoms with Crippen molar-refractivity contribution in [2.75, 3.05) is 12.4 Å². The molecule has 0 saturated heterocycles. The predicted molar refractivity (Wildman–Crippen MR) is 178 cm³/mol. The number of para-hydroxylation sites is 1. The molecular formula is C34H36N6O8. The summed E-state index contributed by atoms with van der Waals surface area (Å²) in [5.74, 6) is -1.37. The van der Waals surface area contributed by atoms with Crippen molar-refractivity contribution >= 4 is 34.6 Å². The van der Waals surface area contributed by atoms with Gasteiger partial charge in [0.1, 0.15) is 34.2 Å². The number of carbonyl (C=O) groups is 3. The van der Waals surface area contributed by atoms with E-state index in [0.717, 1.165) is 12.3 Å². The Labute approximate surface area is 275 Å². The van der Waals surface area contributed by atoms with E-state index in [-0.39, 0.29) is 17.9 Å². The van der Waals surface area contributed by atoms with Crippen molar-refractivity contribution in [3.63, 3.8) is 0 Å². The molecule has 2 atom stereocenters. The number of aliphatic carboxylic acids is 2. The van der Waals surface area contributed by atoms with Gasteiger partial charge in [-0.3, -0.25) is 28.8 Å². The molecule has 0 spiro atoms. The maximum absolute atomic E-state index is 13.7. The normalized spacial score (nSPS) is 12.6. The number of carboxylic acids is 2. The first-order valence-electron chi connectivity index (χ1n) is 14.7. The van der Waals surface area contributed by atoms with Crippen LogP contribution in [0.5, 0.6) is 17.2 Å². The highest BCUT2D eigenvalue weighted by Crippen LogP contribution is 2.31. The van der Waals surface area contributed by atoms with Gasteiger partial charge in [-0.25, -0.2) is 9.67 Å². The topological polar surface area (TPSA) is 201 Å². The van der Waals surface area contributed by atoms with Crippen LogP contribution in [0.15, 0.2) is 83.9 Å². The average Bonchev–Trinajstić information content (AvgIpc) is 3.30. The van der Waals surface area contributed by atoms with E-state index in [2.05, 4.69) is 15.3 Å². The molecule has 0 aliphatic heterocycles. The lowest BCUT2D eigenvalue weighted by atomic mass is 9.88. The molecule has 1 amide bonds. The maximum atomic E-state index is 13.7. The van der Waals surface area contributed by atoms with E-state index < -0.39 is 34.9 Å². The van der Waals surface area contributed by atoms with E-state index in [1.54, 1.807) is 80.4 Å². The molecule has 0 saturated carbocycles. The smallest absolute Gasteiger partial charge is 0.323 e. The number of carbonyl (C=O) groups excluding carboxylic acids is 1. The number of nitrogens with two attached hydrogens (primary N) is 1. The van der Waals surface area contributed by atoms with E-state index in [0.29, 0.717) is 34.1 Å². The van der Waals surface area contributed by atoms with E-state index in [1.807, 2.05) is 18.2 Å². The Bertz CT molecular complexity index is 2000. The van der Waals surface area contributed by atoms with E-state index in [4.69, 9.17) is 25.1 Å². The largest absolute Gasteiger partial charge is 0.497 e. The number of benzene rings is 2. The number of hydrogen-bond acceptors (Lipinski definition) is 9. The van der Waals surface area contributed by atoms with Crippen LogP contribution in [0, 0.1) is 12.8 Å². The molecule has 3 aromatic heterocycles. The number of amides is 1. The minimum Gasteiger partial charge on any atom is -0.497 e. The summed E-state index contributed by atoms with van der Waals surface area (Å²) in [6.07, 6.45) is 3.09. The standard InChI is InChI=1S/C32H32N6O6.C2H4O2/c1-19(32(3,33)31(41)42)18-37-20(2)28(30(40)38(37)21-8-6-5-7-9-21)29(39)36-27-13-11-23(17-35-27)44-26-14-15-34-25-16-22(43-4)10-12-24(25)26;1-2(3)4/h5-17,19H,18,33H2,1-4H3,(H,41,42)(H,35,36,39);1H3,(H,3,4)/t19-,32+;/m1./s1. The Morgan fingerprint density at radius 3 is 2.29 bits per heavy atom. The van der Waals surface area contributed by atoms with Crippen molar-refractivity contribution in [1.82, 2.24) is 19.3 Å². The van der Waals surface area contributed by atoms with Gasteiger partial charge < -0.3 is 30.7 Å². The average molecular weight is 657 g/mol. The number of anilines is 1. The van der Waals surface area contributed by atoms with Gasteiger partial charge in [-0.15, -0.1) is 0 Å². The molecule has 48 heavy (non-hydrogen) atoms. The van der Waals surface area contributed by atoms with Crippen molar-refractivity contribution in [2.45, 2.75) is 39.8 Å². The number of pyridine rings is 2. The van der Waals surface area contributed by atoms with Gasteiger partial charge in [-0.05, 0) is 56.3 Å². The number of ether oxygens (including phenoxy) is 2. The molecule has 5 N–H and O–H groups in total. The maximum Gasteiger partial charge on any atom is 0.323 e. The zero-order chi connectivity index (χ0) is 35.2. The van der Waals surface area contributed by atoms with E-state index in [1.165, 1.54) is 17.8 Å². The lowest BCUT2D eigenvalue weighted by Gasteiger charge is -2.28. The van der Waals surface area contributed by atoms with Gasteiger partial charge in [-0.1, -0.05) is 25.1 Å². The van der Waals surface area contributed by atoms with Crippen LogP contribution in [0.4, 0.5) is 5.82 Å². The SMILES string of the molecule is CC(=O)O.COc1ccc2c(Oc3ccc(NC(=O)c4c(C)n(C[C@@H](C)[C@](C)(N)C(=O)O)n(-c5ccccc5)c4=O)nc3)ccnc2c1. The second-order valence-corrected chi connectivity index (χ2v) is 11.1. The Kier molecular flexibility index (Phi) is 10.6. The molecule has 250 valence electrons. The summed E-state index contributed by atoms with van der Waals surface area (Å²) < 4.78 is 14.2. The molecule has 5 rings (SSSR count). The highest BCUT2D eigenvalue weighted by atomic mass is 16.5. The Morgan fingerprint density at radius 2 is 1.69 bits per heavy atom. The number of fused-ring (bicyclic) bond motifs is 1. The van der Waals surface area contributed by atoms with Crippen LogP contribution in [-0.2, 0) is 16.1 Å². The summed E-state index contributed by atoms with van der Waals surface area (Å²) in [6.45, 7) is 5.90. The minimum absolute atomic E-state index is 0.0727. The van der Waals surface area contributed by atoms with Gasteiger partial charge in [0.05, 0.1) is 30.2 Å². The van der Waals surface area contributed by atoms with Crippen molar-refractivity contribution in [2.24, 2.45) is 11.7 Å². The van der Waals surface area contributed by atoms with Crippen LogP contribution in [0.25, 0.3) is 16.6 Å². The highest BCUT2D eigenvalue weighted by Gasteiger charge is 2.36. The molecule has 5 aromatic rings. The van der Waals surface area contributed by atoms with Crippen molar-refractivity contribution in [1.29, 1.82) is 0 Å². The molecule has 2 aromatic carbocycles. The van der Waals surface area contributed by atoms with Gasteiger partial charge in [0.2, 0.25) is 0 Å². The number of nitrogens with one attached hydrogen (secondary N) is 1. The summed E-state index contributed by atoms with van der Waals surface area (Å²) in [6, 6.07) is 19.2. The summed E-state index contributed by atoms with van der Waals surface area (Å²) in [7, 11) is 1.59. The molecule has 0 bridgehead atoms. The second-order valence-electron chi connectivity index (χ2n) is 11.1. The van der Waals surface area contributed by atoms with Crippen molar-refractivity contribution < 1.29 is 34.1 Å². The van der Waals surface area contributed by atoms with Crippen LogP contribution < -0.4 is 26.1 Å². The molecule has 14 heteroatoms. The Hall–Kier alpha value is -6.02. The fourth-order valence-corrected chi connectivity index (χ4v) is 4.75. The monoisotopic (exact) mass is 656 g/mol. The fraction of sp³-hybridized carbons (Fsp3) is 0.235. The zero-order valence-electron chi connectivity index (χ0n) is 27.0. The van der Waals surface area contributed by atoms with Gasteiger partial charge in [0, 0.05) is 37.0 Å². The summed E-state index contributed by atoms with van der Waals surface area (Å²) in [5.41, 5.74) is 5.43. The fourth-order valence-electron chi connectivity index (χ4n) is 4.75. The third-order valence-electron chi connectivity index (χ3n) is 7.67. The van der Waals surface area contributed by atoms with Crippen molar-refractivity contribution in [3.05, 3.63) is 101 Å². The van der Waals surface area contributed by atoms with Crippen LogP contribution in [0.1, 0.15) is 36.8 Å². The first-order chi connectivity index (χ1) is 22.7. The van der Waals surface area contributed by atoms with Crippen LogP contribution in [0.2, 0.25) is 0 Å². The number of rotatable bonds is 10. The van der Waals surface area contributed by atoms with Gasteiger partial charge in [-0.2, -0.15) is 0 Å². The van der Waals surface area contributed by atoms with Crippen LogP contribution in [-0.4, -0.2) is 60.0 Å². The highest BCUT2D eigenvalue weighted by molar-refractivity contribution is 6.04. The minimum atomic E-state index is -1.57. The summed E-state index contributed by atoms with van der Waals surface area (Å²) in [4.78, 5) is 56.6. The van der Waals surface area contributed by atoms with Gasteiger partial charge >= 0.3 is 5.97 Å².